The van der Waals surface area contributed by atoms with Gasteiger partial charge < -0.3 is 19.6 Å². The number of ether oxygens (including phenoxy) is 1. The maximum Gasteiger partial charge on any atom is 0.274 e. The Morgan fingerprint density at radius 2 is 1.77 bits per heavy atom. The molecule has 4 rings (SSSR count). The van der Waals surface area contributed by atoms with E-state index >= 15 is 0 Å². The number of hydrogen-bond donors (Lipinski definition) is 2. The van der Waals surface area contributed by atoms with Crippen LogP contribution in [0.15, 0.2) is 58.4 Å². The minimum atomic E-state index is -3.52. The minimum Gasteiger partial charge on any atom is -0.456 e. The van der Waals surface area contributed by atoms with Crippen LogP contribution in [0.4, 0.5) is 0 Å². The second-order valence-electron chi connectivity index (χ2n) is 8.54. The summed E-state index contributed by atoms with van der Waals surface area (Å²) in [5.41, 5.74) is 3.06. The maximum atomic E-state index is 12.9. The van der Waals surface area contributed by atoms with Gasteiger partial charge in [-0.05, 0) is 56.2 Å². The third kappa shape index (κ3) is 4.59. The van der Waals surface area contributed by atoms with Crippen LogP contribution in [-0.2, 0) is 16.9 Å². The highest BCUT2D eigenvalue weighted by atomic mass is 32.2. The van der Waals surface area contributed by atoms with Crippen molar-refractivity contribution in [2.24, 2.45) is 7.05 Å². The summed E-state index contributed by atoms with van der Waals surface area (Å²) in [5, 5.41) is 3.21. The Morgan fingerprint density at radius 3 is 2.40 bits per heavy atom. The summed E-state index contributed by atoms with van der Waals surface area (Å²) in [6.45, 7) is 6.10. The quantitative estimate of drug-likeness (QED) is 0.420. The minimum absolute atomic E-state index is 0.114. The van der Waals surface area contributed by atoms with Gasteiger partial charge >= 0.3 is 0 Å². The van der Waals surface area contributed by atoms with E-state index in [1.54, 1.807) is 32.3 Å². The zero-order valence-electron chi connectivity index (χ0n) is 20.2. The number of rotatable bonds is 6. The molecule has 9 heteroatoms. The van der Waals surface area contributed by atoms with E-state index in [1.165, 1.54) is 16.7 Å². The number of pyridine rings is 1. The third-order valence-electron chi connectivity index (χ3n) is 5.84. The molecule has 0 radical (unpaired) electrons. The molecule has 2 aromatic heterocycles. The molecular weight excluding hydrogens is 466 g/mol. The number of nitrogens with one attached hydrogen (secondary N) is 2. The SMILES string of the molecule is CCNC(=O)c1cc2c(-c3cc(S(C)(=O)=O)ccc3Oc3c(C)cccc3C)cn(C)c(=O)c2[nH]1. The Hall–Kier alpha value is -3.85. The fourth-order valence-corrected chi connectivity index (χ4v) is 4.68. The molecule has 0 aliphatic rings. The zero-order chi connectivity index (χ0) is 25.5. The van der Waals surface area contributed by atoms with Crippen molar-refractivity contribution in [1.82, 2.24) is 14.9 Å². The Bertz CT molecular complexity index is 1610. The van der Waals surface area contributed by atoms with E-state index < -0.39 is 9.84 Å². The number of para-hydroxylation sites is 1. The molecule has 0 spiro atoms. The molecule has 0 saturated carbocycles. The Labute approximate surface area is 203 Å². The summed E-state index contributed by atoms with van der Waals surface area (Å²) >= 11 is 0. The summed E-state index contributed by atoms with van der Waals surface area (Å²) in [5.74, 6) is 0.753. The fraction of sp³-hybridized carbons (Fsp3) is 0.231. The van der Waals surface area contributed by atoms with Crippen molar-refractivity contribution >= 4 is 26.6 Å². The predicted molar refractivity (Wildman–Crippen MR) is 136 cm³/mol. The number of hydrogen-bond acceptors (Lipinski definition) is 5. The van der Waals surface area contributed by atoms with Gasteiger partial charge in [-0.3, -0.25) is 9.59 Å². The van der Waals surface area contributed by atoms with E-state index in [1.807, 2.05) is 32.0 Å². The first-order valence-electron chi connectivity index (χ1n) is 11.1. The second-order valence-corrected chi connectivity index (χ2v) is 10.6. The predicted octanol–water partition coefficient (Wildman–Crippen LogP) is 4.10. The number of H-pyrrole nitrogens is 1. The molecule has 35 heavy (non-hydrogen) atoms. The number of nitrogens with zero attached hydrogens (tertiary/aromatic N) is 1. The number of aromatic amines is 1. The number of amides is 1. The molecule has 2 heterocycles. The molecule has 8 nitrogen and oxygen atoms in total. The lowest BCUT2D eigenvalue weighted by Gasteiger charge is -2.17. The summed E-state index contributed by atoms with van der Waals surface area (Å²) < 4.78 is 32.5. The average Bonchev–Trinajstić information content (AvgIpc) is 3.24. The van der Waals surface area contributed by atoms with Crippen molar-refractivity contribution in [2.75, 3.05) is 12.8 Å². The average molecular weight is 494 g/mol. The molecule has 2 N–H and O–H groups in total. The van der Waals surface area contributed by atoms with Gasteiger partial charge in [0.2, 0.25) is 0 Å². The molecule has 0 bridgehead atoms. The van der Waals surface area contributed by atoms with Crippen molar-refractivity contribution in [2.45, 2.75) is 25.7 Å². The number of sulfone groups is 1. The number of aromatic nitrogens is 2. The van der Waals surface area contributed by atoms with Gasteiger partial charge in [0, 0.05) is 42.6 Å². The molecule has 0 fully saturated rings. The van der Waals surface area contributed by atoms with Crippen molar-refractivity contribution in [3.8, 4) is 22.6 Å². The molecule has 1 amide bonds. The highest BCUT2D eigenvalue weighted by Gasteiger charge is 2.21. The summed E-state index contributed by atoms with van der Waals surface area (Å²) in [7, 11) is -1.92. The summed E-state index contributed by atoms with van der Waals surface area (Å²) in [4.78, 5) is 28.4. The van der Waals surface area contributed by atoms with Crippen molar-refractivity contribution in [1.29, 1.82) is 0 Å². The first kappa shape index (κ1) is 24.3. The molecule has 0 aliphatic heterocycles. The topological polar surface area (TPSA) is 110 Å². The summed E-state index contributed by atoms with van der Waals surface area (Å²) in [6, 6.07) is 12.1. The van der Waals surface area contributed by atoms with E-state index in [2.05, 4.69) is 10.3 Å². The fourth-order valence-electron chi connectivity index (χ4n) is 4.04. The van der Waals surface area contributed by atoms with Gasteiger partial charge in [-0.2, -0.15) is 0 Å². The lowest BCUT2D eigenvalue weighted by atomic mass is 10.0. The molecule has 0 unspecified atom stereocenters. The second kappa shape index (κ2) is 9.07. The monoisotopic (exact) mass is 493 g/mol. The lowest BCUT2D eigenvalue weighted by molar-refractivity contribution is 0.0951. The molecule has 182 valence electrons. The van der Waals surface area contributed by atoms with E-state index in [0.29, 0.717) is 34.6 Å². The van der Waals surface area contributed by atoms with Crippen LogP contribution in [0.3, 0.4) is 0 Å². The molecule has 2 aromatic carbocycles. The number of fused-ring (bicyclic) bond motifs is 1. The van der Waals surface area contributed by atoms with Crippen molar-refractivity contribution in [3.63, 3.8) is 0 Å². The Morgan fingerprint density at radius 1 is 1.09 bits per heavy atom. The first-order valence-corrected chi connectivity index (χ1v) is 13.0. The van der Waals surface area contributed by atoms with Crippen LogP contribution >= 0.6 is 0 Å². The van der Waals surface area contributed by atoms with Gasteiger partial charge in [-0.25, -0.2) is 8.42 Å². The molecule has 0 atom stereocenters. The summed E-state index contributed by atoms with van der Waals surface area (Å²) in [6.07, 6.45) is 2.76. The lowest BCUT2D eigenvalue weighted by Crippen LogP contribution is -2.23. The van der Waals surface area contributed by atoms with Crippen LogP contribution in [0, 0.1) is 13.8 Å². The van der Waals surface area contributed by atoms with Crippen LogP contribution < -0.4 is 15.6 Å². The molecular formula is C26H27N3O5S. The van der Waals surface area contributed by atoms with E-state index in [9.17, 15) is 18.0 Å². The van der Waals surface area contributed by atoms with Gasteiger partial charge in [-0.1, -0.05) is 18.2 Å². The van der Waals surface area contributed by atoms with Gasteiger partial charge in [0.05, 0.1) is 4.90 Å². The van der Waals surface area contributed by atoms with Crippen LogP contribution in [0.5, 0.6) is 11.5 Å². The van der Waals surface area contributed by atoms with E-state index in [-0.39, 0.29) is 27.6 Å². The Balaban J connectivity index is 2.02. The zero-order valence-corrected chi connectivity index (χ0v) is 21.0. The smallest absolute Gasteiger partial charge is 0.274 e. The number of carbonyl (C=O) groups is 1. The highest BCUT2D eigenvalue weighted by Crippen LogP contribution is 2.39. The van der Waals surface area contributed by atoms with Crippen LogP contribution in [0.25, 0.3) is 22.0 Å². The number of carbonyl (C=O) groups excluding carboxylic acids is 1. The van der Waals surface area contributed by atoms with Crippen molar-refractivity contribution in [3.05, 3.63) is 75.8 Å². The van der Waals surface area contributed by atoms with Gasteiger partial charge in [0.15, 0.2) is 9.84 Å². The van der Waals surface area contributed by atoms with Gasteiger partial charge in [-0.15, -0.1) is 0 Å². The highest BCUT2D eigenvalue weighted by molar-refractivity contribution is 7.90. The first-order chi connectivity index (χ1) is 16.5. The normalized spacial score (nSPS) is 11.6. The van der Waals surface area contributed by atoms with Crippen molar-refractivity contribution < 1.29 is 17.9 Å². The van der Waals surface area contributed by atoms with Crippen LogP contribution in [-0.4, -0.2) is 36.7 Å². The van der Waals surface area contributed by atoms with E-state index in [0.717, 1.165) is 17.4 Å². The molecule has 0 saturated heterocycles. The Kier molecular flexibility index (Phi) is 6.29. The largest absolute Gasteiger partial charge is 0.456 e. The number of benzene rings is 2. The van der Waals surface area contributed by atoms with Crippen LogP contribution in [0.2, 0.25) is 0 Å². The third-order valence-corrected chi connectivity index (χ3v) is 6.95. The number of aryl methyl sites for hydroxylation is 3. The standard InChI is InChI=1S/C26H27N3O5S/c1-6-27-25(30)21-13-19-20(14-29(4)26(31)23(19)28-21)18-12-17(35(5,32)33)10-11-22(18)34-24-15(2)8-7-9-16(24)3/h7-14,28H,6H2,1-5H3,(H,27,30). The maximum absolute atomic E-state index is 12.9. The van der Waals surface area contributed by atoms with Gasteiger partial charge in [0.1, 0.15) is 22.7 Å². The van der Waals surface area contributed by atoms with E-state index in [4.69, 9.17) is 4.74 Å². The van der Waals surface area contributed by atoms with Gasteiger partial charge in [0.25, 0.3) is 11.5 Å². The van der Waals surface area contributed by atoms with Crippen LogP contribution in [0.1, 0.15) is 28.5 Å². The molecule has 4 aromatic rings. The molecule has 0 aliphatic carbocycles.